The Labute approximate surface area is 154 Å². The number of carbonyl (C=O) groups excluding carboxylic acids is 1. The molecule has 1 aromatic heterocycles. The van der Waals surface area contributed by atoms with Gasteiger partial charge in [-0.3, -0.25) is 9.48 Å². The van der Waals surface area contributed by atoms with E-state index >= 15 is 0 Å². The molecule has 2 heterocycles. The molecule has 1 aliphatic carbocycles. The summed E-state index contributed by atoms with van der Waals surface area (Å²) in [7, 11) is -1.98. The van der Waals surface area contributed by atoms with Gasteiger partial charge in [0, 0.05) is 50.8 Å². The molecule has 9 heteroatoms. The van der Waals surface area contributed by atoms with Gasteiger partial charge in [-0.1, -0.05) is 6.42 Å². The highest BCUT2D eigenvalue weighted by Crippen LogP contribution is 2.47. The van der Waals surface area contributed by atoms with Gasteiger partial charge in [-0.05, 0) is 26.2 Å². The highest BCUT2D eigenvalue weighted by atomic mass is 32.2. The molecule has 1 amide bonds. The van der Waals surface area contributed by atoms with Crippen molar-refractivity contribution in [1.29, 1.82) is 0 Å². The number of fused-ring (bicyclic) bond motifs is 1. The maximum atomic E-state index is 12.6. The van der Waals surface area contributed by atoms with Crippen LogP contribution in [0.2, 0.25) is 0 Å². The van der Waals surface area contributed by atoms with Crippen LogP contribution in [-0.4, -0.2) is 61.9 Å². The molecule has 0 aromatic carbocycles. The molecular weight excluding hydrogens is 356 g/mol. The maximum Gasteiger partial charge on any atom is 0.243 e. The summed E-state index contributed by atoms with van der Waals surface area (Å²) in [5.41, 5.74) is -0.185. The van der Waals surface area contributed by atoms with E-state index in [9.17, 15) is 13.2 Å². The molecule has 0 radical (unpaired) electrons. The third-order valence-electron chi connectivity index (χ3n) is 5.79. The average Bonchev–Trinajstić information content (AvgIpc) is 3.27. The Balaban J connectivity index is 1.74. The average molecular weight is 385 g/mol. The van der Waals surface area contributed by atoms with Crippen LogP contribution < -0.4 is 4.72 Å². The molecule has 1 aromatic rings. The van der Waals surface area contributed by atoms with Crippen molar-refractivity contribution >= 4 is 15.9 Å². The normalized spacial score (nSPS) is 26.3. The van der Waals surface area contributed by atoms with Gasteiger partial charge in [-0.25, -0.2) is 13.1 Å². The molecule has 2 fully saturated rings. The lowest BCUT2D eigenvalue weighted by atomic mass is 9.74. The zero-order valence-corrected chi connectivity index (χ0v) is 16.3. The number of amides is 1. The summed E-state index contributed by atoms with van der Waals surface area (Å²) in [6, 6.07) is 0.0833. The molecule has 1 N–H and O–H groups in total. The van der Waals surface area contributed by atoms with E-state index in [0.29, 0.717) is 32.7 Å². The van der Waals surface area contributed by atoms with Crippen molar-refractivity contribution in [3.63, 3.8) is 0 Å². The van der Waals surface area contributed by atoms with Crippen LogP contribution in [0.25, 0.3) is 0 Å². The number of hydrogen-bond acceptors (Lipinski definition) is 5. The van der Waals surface area contributed by atoms with Crippen LogP contribution in [0, 0.1) is 5.41 Å². The monoisotopic (exact) mass is 384 g/mol. The Morgan fingerprint density at radius 2 is 2.23 bits per heavy atom. The molecule has 2 aliphatic rings. The van der Waals surface area contributed by atoms with Crippen molar-refractivity contribution in [1.82, 2.24) is 19.4 Å². The van der Waals surface area contributed by atoms with E-state index in [4.69, 9.17) is 4.74 Å². The third kappa shape index (κ3) is 3.65. The molecule has 0 unspecified atom stereocenters. The number of sulfonamides is 1. The summed E-state index contributed by atoms with van der Waals surface area (Å²) >= 11 is 0. The topological polar surface area (TPSA) is 93.5 Å². The van der Waals surface area contributed by atoms with E-state index < -0.39 is 10.0 Å². The third-order valence-corrected chi connectivity index (χ3v) is 7.14. The van der Waals surface area contributed by atoms with Crippen molar-refractivity contribution in [2.24, 2.45) is 5.41 Å². The molecule has 0 spiro atoms. The largest absolute Gasteiger partial charge is 0.383 e. The molecule has 1 saturated carbocycles. The number of carbonyl (C=O) groups is 1. The molecule has 1 saturated heterocycles. The summed E-state index contributed by atoms with van der Waals surface area (Å²) in [6.45, 7) is 3.96. The minimum Gasteiger partial charge on any atom is -0.383 e. The second kappa shape index (κ2) is 7.66. The first-order valence-electron chi connectivity index (χ1n) is 9.22. The second-order valence-corrected chi connectivity index (χ2v) is 8.97. The van der Waals surface area contributed by atoms with Gasteiger partial charge in [-0.15, -0.1) is 0 Å². The Morgan fingerprint density at radius 1 is 1.42 bits per heavy atom. The summed E-state index contributed by atoms with van der Waals surface area (Å²) in [4.78, 5) is 14.5. The van der Waals surface area contributed by atoms with Crippen molar-refractivity contribution in [2.45, 2.75) is 56.5 Å². The van der Waals surface area contributed by atoms with E-state index in [1.165, 1.54) is 6.20 Å². The van der Waals surface area contributed by atoms with Crippen LogP contribution in [0.3, 0.4) is 0 Å². The molecule has 8 nitrogen and oxygen atoms in total. The Hall–Kier alpha value is -1.45. The zero-order chi connectivity index (χ0) is 18.8. The molecule has 0 bridgehead atoms. The van der Waals surface area contributed by atoms with Crippen molar-refractivity contribution in [3.05, 3.63) is 12.4 Å². The number of nitrogens with one attached hydrogen (secondary N) is 1. The second-order valence-electron chi connectivity index (χ2n) is 7.21. The smallest absolute Gasteiger partial charge is 0.243 e. The quantitative estimate of drug-likeness (QED) is 0.721. The standard InChI is InChI=1S/C17H28N4O4S/c1-3-20-12-14(11-18-20)26(23,24)19-13-17-7-4-5-15(17)21(9-10-25-2)16(22)6-8-17/h11-12,15,19H,3-10,13H2,1-2H3/t15-,17+/m1/s1. The molecular formula is C17H28N4O4S. The fraction of sp³-hybridized carbons (Fsp3) is 0.765. The number of nitrogens with zero attached hydrogens (tertiary/aromatic N) is 3. The van der Waals surface area contributed by atoms with Crippen LogP contribution in [0.5, 0.6) is 0 Å². The van der Waals surface area contributed by atoms with Crippen molar-refractivity contribution in [3.8, 4) is 0 Å². The highest BCUT2D eigenvalue weighted by molar-refractivity contribution is 7.89. The summed E-state index contributed by atoms with van der Waals surface area (Å²) in [5.74, 6) is 0.150. The zero-order valence-electron chi connectivity index (χ0n) is 15.5. The molecule has 1 aliphatic heterocycles. The summed E-state index contributed by atoms with van der Waals surface area (Å²) in [5, 5.41) is 4.05. The fourth-order valence-electron chi connectivity index (χ4n) is 4.31. The predicted octanol–water partition coefficient (Wildman–Crippen LogP) is 0.989. The van der Waals surface area contributed by atoms with Crippen molar-refractivity contribution < 1.29 is 17.9 Å². The number of hydrogen-bond donors (Lipinski definition) is 1. The van der Waals surface area contributed by atoms with Gasteiger partial charge in [0.15, 0.2) is 0 Å². The van der Waals surface area contributed by atoms with E-state index in [-0.39, 0.29) is 22.3 Å². The number of aryl methyl sites for hydroxylation is 1. The number of rotatable bonds is 8. The SMILES string of the molecule is CCn1cc(S(=O)(=O)NC[C@@]23CCC[C@H]2N(CCOC)C(=O)CC3)cn1. The first kappa shape index (κ1) is 19.3. The van der Waals surface area contributed by atoms with Crippen LogP contribution in [0.1, 0.15) is 39.0 Å². The molecule has 2 atom stereocenters. The van der Waals surface area contributed by atoms with Gasteiger partial charge in [0.1, 0.15) is 4.90 Å². The molecule has 3 rings (SSSR count). The molecule has 146 valence electrons. The molecule has 26 heavy (non-hydrogen) atoms. The lowest BCUT2D eigenvalue weighted by Gasteiger charge is -2.46. The number of piperidine rings is 1. The Morgan fingerprint density at radius 3 is 2.92 bits per heavy atom. The van der Waals surface area contributed by atoms with Gasteiger partial charge in [-0.2, -0.15) is 5.10 Å². The van der Waals surface area contributed by atoms with Gasteiger partial charge in [0.2, 0.25) is 15.9 Å². The fourth-order valence-corrected chi connectivity index (χ4v) is 5.41. The lowest BCUT2D eigenvalue weighted by molar-refractivity contribution is -0.142. The Kier molecular flexibility index (Phi) is 5.69. The minimum absolute atomic E-state index is 0.0833. The van der Waals surface area contributed by atoms with Gasteiger partial charge in [0.05, 0.1) is 12.8 Å². The summed E-state index contributed by atoms with van der Waals surface area (Å²) < 4.78 is 34.8. The number of ether oxygens (including phenoxy) is 1. The maximum absolute atomic E-state index is 12.6. The van der Waals surface area contributed by atoms with E-state index in [1.54, 1.807) is 18.0 Å². The van der Waals surface area contributed by atoms with Crippen LogP contribution in [-0.2, 0) is 26.1 Å². The van der Waals surface area contributed by atoms with Gasteiger partial charge < -0.3 is 9.64 Å². The Bertz CT molecular complexity index is 748. The van der Waals surface area contributed by atoms with Crippen molar-refractivity contribution in [2.75, 3.05) is 26.8 Å². The number of likely N-dealkylation sites (tertiary alicyclic amines) is 1. The van der Waals surface area contributed by atoms with E-state index in [0.717, 1.165) is 25.7 Å². The highest BCUT2D eigenvalue weighted by Gasteiger charge is 2.50. The van der Waals surface area contributed by atoms with Crippen LogP contribution >= 0.6 is 0 Å². The number of aromatic nitrogens is 2. The summed E-state index contributed by atoms with van der Waals surface area (Å²) in [6.07, 6.45) is 6.99. The van der Waals surface area contributed by atoms with Crippen LogP contribution in [0.15, 0.2) is 17.3 Å². The van der Waals surface area contributed by atoms with Gasteiger partial charge >= 0.3 is 0 Å². The van der Waals surface area contributed by atoms with E-state index in [1.807, 2.05) is 11.8 Å². The first-order valence-corrected chi connectivity index (χ1v) is 10.7. The van der Waals surface area contributed by atoms with Crippen LogP contribution in [0.4, 0.5) is 0 Å². The number of methoxy groups -OCH3 is 1. The minimum atomic E-state index is -3.60. The van der Waals surface area contributed by atoms with E-state index in [2.05, 4.69) is 9.82 Å². The predicted molar refractivity (Wildman–Crippen MR) is 96.0 cm³/mol. The van der Waals surface area contributed by atoms with Gasteiger partial charge in [0.25, 0.3) is 0 Å². The lowest BCUT2D eigenvalue weighted by Crippen LogP contribution is -2.56. The first-order chi connectivity index (χ1) is 12.4.